The number of hydrogen-bond acceptors (Lipinski definition) is 3. The first-order chi connectivity index (χ1) is 9.43. The zero-order valence-corrected chi connectivity index (χ0v) is 12.8. The highest BCUT2D eigenvalue weighted by molar-refractivity contribution is 4.54. The van der Waals surface area contributed by atoms with Gasteiger partial charge >= 0.3 is 0 Å². The molecule has 0 saturated carbocycles. The van der Waals surface area contributed by atoms with Crippen LogP contribution in [0.25, 0.3) is 0 Å². The molecule has 0 aliphatic carbocycles. The predicted octanol–water partition coefficient (Wildman–Crippen LogP) is 3.87. The summed E-state index contributed by atoms with van der Waals surface area (Å²) in [5.41, 5.74) is 0. The third-order valence-electron chi connectivity index (χ3n) is 3.69. The Morgan fingerprint density at radius 1 is 0.842 bits per heavy atom. The Bertz CT molecular complexity index is 182. The van der Waals surface area contributed by atoms with Gasteiger partial charge in [-0.2, -0.15) is 0 Å². The molecule has 0 unspecified atom stereocenters. The van der Waals surface area contributed by atoms with Crippen LogP contribution in [0.15, 0.2) is 0 Å². The lowest BCUT2D eigenvalue weighted by Crippen LogP contribution is -2.24. The summed E-state index contributed by atoms with van der Waals surface area (Å²) in [5.74, 6) is 0. The minimum atomic E-state index is 0.0971. The molecule has 1 heterocycles. The number of unbranched alkanes of at least 4 members (excludes halogenated alkanes) is 7. The Morgan fingerprint density at radius 3 is 2.05 bits per heavy atom. The van der Waals surface area contributed by atoms with Gasteiger partial charge in [0.25, 0.3) is 0 Å². The van der Waals surface area contributed by atoms with Gasteiger partial charge in [-0.25, -0.2) is 0 Å². The number of hydrogen-bond donors (Lipinski definition) is 1. The maximum absolute atomic E-state index is 5.54. The standard InChI is InChI=1S/C16H33NO2/c1-2-17-13-10-8-6-4-3-5-7-9-12-16-18-14-11-15-19-16/h16-17H,2-15H2,1H3. The van der Waals surface area contributed by atoms with Gasteiger partial charge in [0.05, 0.1) is 13.2 Å². The third-order valence-corrected chi connectivity index (χ3v) is 3.69. The van der Waals surface area contributed by atoms with E-state index < -0.39 is 0 Å². The van der Waals surface area contributed by atoms with Crippen LogP contribution in [-0.2, 0) is 9.47 Å². The number of nitrogens with one attached hydrogen (secondary N) is 1. The zero-order chi connectivity index (χ0) is 13.6. The molecule has 114 valence electrons. The molecule has 1 aliphatic rings. The lowest BCUT2D eigenvalue weighted by molar-refractivity contribution is -0.181. The number of ether oxygens (including phenoxy) is 2. The first-order valence-corrected chi connectivity index (χ1v) is 8.37. The van der Waals surface area contributed by atoms with Crippen LogP contribution in [-0.4, -0.2) is 32.6 Å². The van der Waals surface area contributed by atoms with E-state index >= 15 is 0 Å². The van der Waals surface area contributed by atoms with Gasteiger partial charge in [0.15, 0.2) is 6.29 Å². The van der Waals surface area contributed by atoms with E-state index in [4.69, 9.17) is 9.47 Å². The maximum atomic E-state index is 5.54. The fourth-order valence-electron chi connectivity index (χ4n) is 2.50. The molecule has 1 N–H and O–H groups in total. The van der Waals surface area contributed by atoms with Gasteiger partial charge in [0.1, 0.15) is 0 Å². The van der Waals surface area contributed by atoms with E-state index in [1.807, 2.05) is 0 Å². The predicted molar refractivity (Wildman–Crippen MR) is 80.4 cm³/mol. The number of rotatable bonds is 12. The molecule has 1 fully saturated rings. The molecule has 0 spiro atoms. The van der Waals surface area contributed by atoms with Crippen molar-refractivity contribution in [3.05, 3.63) is 0 Å². The van der Waals surface area contributed by atoms with Crippen molar-refractivity contribution >= 4 is 0 Å². The molecule has 1 aliphatic heterocycles. The smallest absolute Gasteiger partial charge is 0.157 e. The Morgan fingerprint density at radius 2 is 1.42 bits per heavy atom. The maximum Gasteiger partial charge on any atom is 0.157 e. The van der Waals surface area contributed by atoms with Crippen molar-refractivity contribution in [1.82, 2.24) is 5.32 Å². The largest absolute Gasteiger partial charge is 0.353 e. The molecule has 0 radical (unpaired) electrons. The van der Waals surface area contributed by atoms with Crippen LogP contribution in [0.1, 0.15) is 71.1 Å². The second-order valence-corrected chi connectivity index (χ2v) is 5.50. The van der Waals surface area contributed by atoms with E-state index in [2.05, 4.69) is 12.2 Å². The summed E-state index contributed by atoms with van der Waals surface area (Å²) >= 11 is 0. The van der Waals surface area contributed by atoms with Gasteiger partial charge in [-0.3, -0.25) is 0 Å². The van der Waals surface area contributed by atoms with E-state index in [0.717, 1.165) is 32.6 Å². The SMILES string of the molecule is CCNCCCCCCCCCCC1OCCCO1. The molecule has 1 rings (SSSR count). The van der Waals surface area contributed by atoms with Crippen LogP contribution in [0.4, 0.5) is 0 Å². The fourth-order valence-corrected chi connectivity index (χ4v) is 2.50. The van der Waals surface area contributed by atoms with Crippen LogP contribution < -0.4 is 5.32 Å². The molecule has 0 aromatic carbocycles. The van der Waals surface area contributed by atoms with Crippen LogP contribution in [0.3, 0.4) is 0 Å². The van der Waals surface area contributed by atoms with E-state index in [1.165, 1.54) is 57.9 Å². The summed E-state index contributed by atoms with van der Waals surface area (Å²) in [6, 6.07) is 0. The van der Waals surface area contributed by atoms with Crippen molar-refractivity contribution in [2.24, 2.45) is 0 Å². The molecule has 0 atom stereocenters. The van der Waals surface area contributed by atoms with E-state index in [9.17, 15) is 0 Å². The monoisotopic (exact) mass is 271 g/mol. The minimum absolute atomic E-state index is 0.0971. The van der Waals surface area contributed by atoms with Crippen molar-refractivity contribution in [3.8, 4) is 0 Å². The Kier molecular flexibility index (Phi) is 11.5. The van der Waals surface area contributed by atoms with Crippen molar-refractivity contribution in [2.45, 2.75) is 77.4 Å². The highest BCUT2D eigenvalue weighted by atomic mass is 16.7. The molecule has 19 heavy (non-hydrogen) atoms. The van der Waals surface area contributed by atoms with E-state index in [0.29, 0.717) is 0 Å². The van der Waals surface area contributed by atoms with E-state index in [-0.39, 0.29) is 6.29 Å². The molecule has 3 heteroatoms. The molecular formula is C16H33NO2. The molecule has 0 aromatic heterocycles. The van der Waals surface area contributed by atoms with Crippen LogP contribution in [0.5, 0.6) is 0 Å². The molecule has 0 bridgehead atoms. The topological polar surface area (TPSA) is 30.5 Å². The van der Waals surface area contributed by atoms with Crippen LogP contribution >= 0.6 is 0 Å². The van der Waals surface area contributed by atoms with Gasteiger partial charge in [-0.15, -0.1) is 0 Å². The van der Waals surface area contributed by atoms with Crippen LogP contribution in [0.2, 0.25) is 0 Å². The Labute approximate surface area is 119 Å². The molecule has 0 amide bonds. The summed E-state index contributed by atoms with van der Waals surface area (Å²) in [6.07, 6.45) is 13.1. The van der Waals surface area contributed by atoms with Crippen molar-refractivity contribution in [3.63, 3.8) is 0 Å². The summed E-state index contributed by atoms with van der Waals surface area (Å²) < 4.78 is 11.1. The highest BCUT2D eigenvalue weighted by Gasteiger charge is 2.12. The second-order valence-electron chi connectivity index (χ2n) is 5.50. The first kappa shape index (κ1) is 16.9. The first-order valence-electron chi connectivity index (χ1n) is 8.37. The zero-order valence-electron chi connectivity index (χ0n) is 12.8. The Hall–Kier alpha value is -0.120. The van der Waals surface area contributed by atoms with Gasteiger partial charge in [0.2, 0.25) is 0 Å². The summed E-state index contributed by atoms with van der Waals surface area (Å²) in [7, 11) is 0. The van der Waals surface area contributed by atoms with Crippen molar-refractivity contribution < 1.29 is 9.47 Å². The van der Waals surface area contributed by atoms with Crippen LogP contribution in [0, 0.1) is 0 Å². The van der Waals surface area contributed by atoms with Crippen molar-refractivity contribution in [2.75, 3.05) is 26.3 Å². The average molecular weight is 271 g/mol. The summed E-state index contributed by atoms with van der Waals surface area (Å²) in [6.45, 7) is 6.24. The van der Waals surface area contributed by atoms with Gasteiger partial charge < -0.3 is 14.8 Å². The molecule has 1 saturated heterocycles. The lowest BCUT2D eigenvalue weighted by atomic mass is 10.1. The molecule has 0 aromatic rings. The summed E-state index contributed by atoms with van der Waals surface area (Å²) in [4.78, 5) is 0. The quantitative estimate of drug-likeness (QED) is 0.547. The second kappa shape index (κ2) is 12.9. The summed E-state index contributed by atoms with van der Waals surface area (Å²) in [5, 5.41) is 3.37. The van der Waals surface area contributed by atoms with E-state index in [1.54, 1.807) is 0 Å². The fraction of sp³-hybridized carbons (Fsp3) is 1.00. The normalized spacial score (nSPS) is 16.9. The third kappa shape index (κ3) is 10.3. The average Bonchev–Trinajstić information content (AvgIpc) is 2.46. The lowest BCUT2D eigenvalue weighted by Gasteiger charge is -2.22. The molecular weight excluding hydrogens is 238 g/mol. The molecule has 3 nitrogen and oxygen atoms in total. The van der Waals surface area contributed by atoms with Gasteiger partial charge in [-0.05, 0) is 38.8 Å². The van der Waals surface area contributed by atoms with Gasteiger partial charge in [-0.1, -0.05) is 45.4 Å². The minimum Gasteiger partial charge on any atom is -0.353 e. The Balaban J connectivity index is 1.71. The highest BCUT2D eigenvalue weighted by Crippen LogP contribution is 2.14. The van der Waals surface area contributed by atoms with Gasteiger partial charge in [0, 0.05) is 0 Å². The van der Waals surface area contributed by atoms with Crippen molar-refractivity contribution in [1.29, 1.82) is 0 Å².